The summed E-state index contributed by atoms with van der Waals surface area (Å²) in [4.78, 5) is 21.1. The molecule has 0 unspecified atom stereocenters. The molecule has 0 saturated heterocycles. The molecule has 0 spiro atoms. The third-order valence-corrected chi connectivity index (χ3v) is 5.20. The Labute approximate surface area is 180 Å². The van der Waals surface area contributed by atoms with Gasteiger partial charge in [0.2, 0.25) is 0 Å². The predicted octanol–water partition coefficient (Wildman–Crippen LogP) is 4.17. The fourth-order valence-corrected chi connectivity index (χ4v) is 3.67. The highest BCUT2D eigenvalue weighted by Gasteiger charge is 2.19. The summed E-state index contributed by atoms with van der Waals surface area (Å²) in [7, 11) is 4.86. The van der Waals surface area contributed by atoms with Gasteiger partial charge in [0.1, 0.15) is 17.2 Å². The third kappa shape index (κ3) is 4.04. The fourth-order valence-electron chi connectivity index (χ4n) is 3.67. The van der Waals surface area contributed by atoms with Gasteiger partial charge in [0.15, 0.2) is 0 Å². The zero-order valence-corrected chi connectivity index (χ0v) is 17.8. The monoisotopic (exact) mass is 419 g/mol. The second kappa shape index (κ2) is 9.06. The van der Waals surface area contributed by atoms with Crippen molar-refractivity contribution < 1.29 is 19.0 Å². The molecule has 7 heteroatoms. The van der Waals surface area contributed by atoms with Crippen LogP contribution in [0.25, 0.3) is 33.1 Å². The smallest absolute Gasteiger partial charge is 0.269 e. The molecule has 0 aliphatic rings. The first kappa shape index (κ1) is 20.7. The molecule has 0 saturated carbocycles. The summed E-state index contributed by atoms with van der Waals surface area (Å²) >= 11 is 0. The first-order chi connectivity index (χ1) is 15.2. The van der Waals surface area contributed by atoms with E-state index in [0.717, 1.165) is 33.8 Å². The maximum absolute atomic E-state index is 12.9. The number of carbonyl (C=O) groups is 1. The quantitative estimate of drug-likeness (QED) is 0.419. The van der Waals surface area contributed by atoms with Crippen molar-refractivity contribution in [2.45, 2.75) is 6.42 Å². The van der Waals surface area contributed by atoms with Crippen molar-refractivity contribution >= 4 is 27.7 Å². The Morgan fingerprint density at radius 2 is 1.87 bits per heavy atom. The van der Waals surface area contributed by atoms with Crippen molar-refractivity contribution in [2.24, 2.45) is 0 Å². The van der Waals surface area contributed by atoms with Crippen molar-refractivity contribution in [3.05, 3.63) is 54.2 Å². The van der Waals surface area contributed by atoms with Crippen molar-refractivity contribution in [3.63, 3.8) is 0 Å². The van der Waals surface area contributed by atoms with Crippen LogP contribution in [0.3, 0.4) is 0 Å². The SMILES string of the molecule is COCCCNC(=O)c1cc2c([nH]c3ccccc32)c(-c2cc(OC)ccc2OC)n1. The molecule has 0 aliphatic carbocycles. The van der Waals surface area contributed by atoms with Crippen LogP contribution in [0.5, 0.6) is 11.5 Å². The van der Waals surface area contributed by atoms with E-state index in [4.69, 9.17) is 19.2 Å². The lowest BCUT2D eigenvalue weighted by atomic mass is 10.0. The summed E-state index contributed by atoms with van der Waals surface area (Å²) in [6, 6.07) is 15.3. The van der Waals surface area contributed by atoms with E-state index in [1.54, 1.807) is 21.3 Å². The molecule has 0 atom stereocenters. The lowest BCUT2D eigenvalue weighted by Crippen LogP contribution is -2.26. The summed E-state index contributed by atoms with van der Waals surface area (Å²) in [5.41, 5.74) is 3.53. The van der Waals surface area contributed by atoms with E-state index in [9.17, 15) is 4.79 Å². The van der Waals surface area contributed by atoms with E-state index in [1.165, 1.54) is 0 Å². The molecule has 0 fully saturated rings. The largest absolute Gasteiger partial charge is 0.497 e. The number of para-hydroxylation sites is 1. The lowest BCUT2D eigenvalue weighted by Gasteiger charge is -2.12. The number of methoxy groups -OCH3 is 3. The zero-order chi connectivity index (χ0) is 21.8. The van der Waals surface area contributed by atoms with E-state index in [2.05, 4.69) is 10.3 Å². The van der Waals surface area contributed by atoms with Gasteiger partial charge in [0.25, 0.3) is 5.91 Å². The van der Waals surface area contributed by atoms with Crippen LogP contribution >= 0.6 is 0 Å². The number of nitrogens with zero attached hydrogens (tertiary/aromatic N) is 1. The number of rotatable bonds is 8. The van der Waals surface area contributed by atoms with Gasteiger partial charge in [0, 0.05) is 42.1 Å². The number of amides is 1. The standard InChI is InChI=1S/C24H25N3O4/c1-29-12-6-11-25-24(28)20-14-17-16-7-4-5-8-19(16)26-22(17)23(27-20)18-13-15(30-2)9-10-21(18)31-3/h4-5,7-10,13-14,26H,6,11-12H2,1-3H3,(H,25,28). The number of hydrogen-bond acceptors (Lipinski definition) is 5. The second-order valence-electron chi connectivity index (χ2n) is 7.12. The Hall–Kier alpha value is -3.58. The summed E-state index contributed by atoms with van der Waals surface area (Å²) in [6.45, 7) is 1.10. The Morgan fingerprint density at radius 1 is 1.03 bits per heavy atom. The number of carbonyl (C=O) groups excluding carboxylic acids is 1. The maximum atomic E-state index is 12.9. The third-order valence-electron chi connectivity index (χ3n) is 5.20. The molecule has 1 amide bonds. The highest BCUT2D eigenvalue weighted by molar-refractivity contribution is 6.13. The minimum Gasteiger partial charge on any atom is -0.497 e. The van der Waals surface area contributed by atoms with Crippen LogP contribution in [0, 0.1) is 0 Å². The van der Waals surface area contributed by atoms with Crippen LogP contribution in [-0.2, 0) is 4.74 Å². The summed E-state index contributed by atoms with van der Waals surface area (Å²) < 4.78 is 16.1. The molecule has 7 nitrogen and oxygen atoms in total. The number of ether oxygens (including phenoxy) is 3. The number of aromatic amines is 1. The summed E-state index contributed by atoms with van der Waals surface area (Å²) in [5.74, 6) is 1.09. The van der Waals surface area contributed by atoms with Gasteiger partial charge in [-0.05, 0) is 36.8 Å². The van der Waals surface area contributed by atoms with Crippen LogP contribution in [-0.4, -0.2) is 50.4 Å². The van der Waals surface area contributed by atoms with Gasteiger partial charge in [-0.25, -0.2) is 4.98 Å². The van der Waals surface area contributed by atoms with Gasteiger partial charge < -0.3 is 24.5 Å². The number of fused-ring (bicyclic) bond motifs is 3. The molecule has 4 rings (SSSR count). The Kier molecular flexibility index (Phi) is 6.04. The normalized spacial score (nSPS) is 11.1. The average Bonchev–Trinajstić information content (AvgIpc) is 3.19. The molecule has 4 aromatic rings. The molecule has 0 aliphatic heterocycles. The van der Waals surface area contributed by atoms with Crippen molar-refractivity contribution in [2.75, 3.05) is 34.5 Å². The zero-order valence-electron chi connectivity index (χ0n) is 17.8. The minimum absolute atomic E-state index is 0.230. The molecule has 2 aromatic heterocycles. The number of benzene rings is 2. The lowest BCUT2D eigenvalue weighted by molar-refractivity contribution is 0.0944. The summed E-state index contributed by atoms with van der Waals surface area (Å²) in [6.07, 6.45) is 0.730. The first-order valence-electron chi connectivity index (χ1n) is 10.1. The highest BCUT2D eigenvalue weighted by Crippen LogP contribution is 2.38. The van der Waals surface area contributed by atoms with E-state index in [-0.39, 0.29) is 5.91 Å². The topological polar surface area (TPSA) is 85.5 Å². The maximum Gasteiger partial charge on any atom is 0.269 e. The van der Waals surface area contributed by atoms with Gasteiger partial charge in [-0.1, -0.05) is 18.2 Å². The van der Waals surface area contributed by atoms with Crippen molar-refractivity contribution in [1.29, 1.82) is 0 Å². The number of pyridine rings is 1. The molecule has 0 radical (unpaired) electrons. The van der Waals surface area contributed by atoms with Crippen LogP contribution in [0.15, 0.2) is 48.5 Å². The average molecular weight is 419 g/mol. The predicted molar refractivity (Wildman–Crippen MR) is 121 cm³/mol. The van der Waals surface area contributed by atoms with E-state index >= 15 is 0 Å². The van der Waals surface area contributed by atoms with Gasteiger partial charge in [0.05, 0.1) is 25.4 Å². The molecule has 31 heavy (non-hydrogen) atoms. The van der Waals surface area contributed by atoms with Gasteiger partial charge >= 0.3 is 0 Å². The highest BCUT2D eigenvalue weighted by atomic mass is 16.5. The molecule has 2 N–H and O–H groups in total. The Bertz CT molecular complexity index is 1230. The summed E-state index contributed by atoms with van der Waals surface area (Å²) in [5, 5.41) is 4.87. The van der Waals surface area contributed by atoms with E-state index in [0.29, 0.717) is 36.0 Å². The Balaban J connectivity index is 1.90. The molecule has 2 heterocycles. The molecule has 0 bridgehead atoms. The van der Waals surface area contributed by atoms with Gasteiger partial charge in [-0.3, -0.25) is 4.79 Å². The number of hydrogen-bond donors (Lipinski definition) is 2. The van der Waals surface area contributed by atoms with Crippen LogP contribution in [0.4, 0.5) is 0 Å². The van der Waals surface area contributed by atoms with Crippen LogP contribution < -0.4 is 14.8 Å². The fraction of sp³-hybridized carbons (Fsp3) is 0.250. The molecular weight excluding hydrogens is 394 g/mol. The van der Waals surface area contributed by atoms with Gasteiger partial charge in [-0.15, -0.1) is 0 Å². The number of H-pyrrole nitrogens is 1. The minimum atomic E-state index is -0.230. The van der Waals surface area contributed by atoms with E-state index < -0.39 is 0 Å². The van der Waals surface area contributed by atoms with Crippen molar-refractivity contribution in [1.82, 2.24) is 15.3 Å². The second-order valence-corrected chi connectivity index (χ2v) is 7.12. The number of nitrogens with one attached hydrogen (secondary N) is 2. The van der Waals surface area contributed by atoms with Crippen LogP contribution in [0.1, 0.15) is 16.9 Å². The van der Waals surface area contributed by atoms with Crippen molar-refractivity contribution in [3.8, 4) is 22.8 Å². The van der Waals surface area contributed by atoms with Gasteiger partial charge in [-0.2, -0.15) is 0 Å². The molecule has 160 valence electrons. The number of aromatic nitrogens is 2. The Morgan fingerprint density at radius 3 is 2.65 bits per heavy atom. The van der Waals surface area contributed by atoms with E-state index in [1.807, 2.05) is 48.5 Å². The first-order valence-corrected chi connectivity index (χ1v) is 10.1. The van der Waals surface area contributed by atoms with Crippen LogP contribution in [0.2, 0.25) is 0 Å². The molecular formula is C24H25N3O4. The molecule has 2 aromatic carbocycles.